The van der Waals surface area contributed by atoms with Gasteiger partial charge in [-0.15, -0.1) is 0 Å². The van der Waals surface area contributed by atoms with Crippen LogP contribution in [0.15, 0.2) is 23.1 Å². The second-order valence-electron chi connectivity index (χ2n) is 9.21. The van der Waals surface area contributed by atoms with Crippen LogP contribution in [0.5, 0.6) is 0 Å². The van der Waals surface area contributed by atoms with Crippen LogP contribution in [0.4, 0.5) is 0 Å². The second kappa shape index (κ2) is 7.13. The molecule has 5 rings (SSSR count). The topological polar surface area (TPSA) is 57.7 Å². The van der Waals surface area contributed by atoms with Gasteiger partial charge in [0.25, 0.3) is 0 Å². The van der Waals surface area contributed by atoms with E-state index < -0.39 is 10.0 Å². The van der Waals surface area contributed by atoms with Crippen molar-refractivity contribution in [3.8, 4) is 0 Å². The smallest absolute Gasteiger partial charge is 0.243 e. The van der Waals surface area contributed by atoms with E-state index in [1.54, 1.807) is 10.4 Å². The predicted octanol–water partition coefficient (Wildman–Crippen LogP) is 2.83. The minimum Gasteiger partial charge on any atom is -0.340 e. The molecule has 0 spiro atoms. The standard InChI is InChI=1S/C22H30N2O3S/c25-22(15-20-13-16-4-5-19(20)12-16)23-8-10-24(11-9-23)28(26,27)21-7-6-17-2-1-3-18(17)14-21/h6-7,14,16,19-20H,1-5,8-13,15H2/t16-,19-,20+/m1/s1. The summed E-state index contributed by atoms with van der Waals surface area (Å²) in [7, 11) is -3.47. The summed E-state index contributed by atoms with van der Waals surface area (Å²) < 4.78 is 27.7. The number of carbonyl (C=O) groups excluding carboxylic acids is 1. The molecule has 1 amide bonds. The van der Waals surface area contributed by atoms with E-state index in [1.165, 1.54) is 36.8 Å². The highest BCUT2D eigenvalue weighted by molar-refractivity contribution is 7.89. The molecule has 0 radical (unpaired) electrons. The molecule has 3 atom stereocenters. The van der Waals surface area contributed by atoms with Crippen molar-refractivity contribution < 1.29 is 13.2 Å². The van der Waals surface area contributed by atoms with Crippen molar-refractivity contribution in [3.63, 3.8) is 0 Å². The molecule has 4 aliphatic rings. The number of nitrogens with zero attached hydrogens (tertiary/aromatic N) is 2. The number of fused-ring (bicyclic) bond motifs is 3. The number of benzene rings is 1. The third-order valence-corrected chi connectivity index (χ3v) is 9.52. The van der Waals surface area contributed by atoms with Gasteiger partial charge < -0.3 is 4.90 Å². The Morgan fingerprint density at radius 1 is 1.00 bits per heavy atom. The summed E-state index contributed by atoms with van der Waals surface area (Å²) in [6.45, 7) is 1.84. The highest BCUT2D eigenvalue weighted by Gasteiger charge is 2.41. The molecular weight excluding hydrogens is 372 g/mol. The number of hydrogen-bond acceptors (Lipinski definition) is 3. The Morgan fingerprint density at radius 2 is 1.79 bits per heavy atom. The van der Waals surface area contributed by atoms with Crippen molar-refractivity contribution in [2.75, 3.05) is 26.2 Å². The molecule has 3 aliphatic carbocycles. The van der Waals surface area contributed by atoms with E-state index in [0.29, 0.717) is 43.4 Å². The molecule has 2 bridgehead atoms. The highest BCUT2D eigenvalue weighted by Crippen LogP contribution is 2.49. The van der Waals surface area contributed by atoms with Gasteiger partial charge in [-0.05, 0) is 79.5 Å². The van der Waals surface area contributed by atoms with Gasteiger partial charge in [-0.25, -0.2) is 8.42 Å². The Morgan fingerprint density at radius 3 is 2.50 bits per heavy atom. The van der Waals surface area contributed by atoms with Crippen LogP contribution in [-0.2, 0) is 27.7 Å². The molecule has 0 unspecified atom stereocenters. The zero-order chi connectivity index (χ0) is 19.3. The highest BCUT2D eigenvalue weighted by atomic mass is 32.2. The molecule has 5 nitrogen and oxygen atoms in total. The Labute approximate surface area is 168 Å². The molecule has 1 saturated heterocycles. The van der Waals surface area contributed by atoms with Crippen molar-refractivity contribution in [2.45, 2.75) is 56.3 Å². The largest absolute Gasteiger partial charge is 0.340 e. The van der Waals surface area contributed by atoms with Gasteiger partial charge in [-0.2, -0.15) is 4.31 Å². The van der Waals surface area contributed by atoms with Crippen LogP contribution in [0.2, 0.25) is 0 Å². The van der Waals surface area contributed by atoms with Gasteiger partial charge in [0.2, 0.25) is 15.9 Å². The molecule has 1 aromatic rings. The maximum atomic E-state index is 13.1. The summed E-state index contributed by atoms with van der Waals surface area (Å²) in [5.74, 6) is 2.42. The monoisotopic (exact) mass is 402 g/mol. The van der Waals surface area contributed by atoms with Crippen molar-refractivity contribution >= 4 is 15.9 Å². The van der Waals surface area contributed by atoms with Crippen molar-refractivity contribution in [1.29, 1.82) is 0 Å². The minimum absolute atomic E-state index is 0.229. The van der Waals surface area contributed by atoms with E-state index in [2.05, 4.69) is 0 Å². The lowest BCUT2D eigenvalue weighted by Gasteiger charge is -2.35. The fraction of sp³-hybridized carbons (Fsp3) is 0.682. The van der Waals surface area contributed by atoms with Gasteiger partial charge >= 0.3 is 0 Å². The lowest BCUT2D eigenvalue weighted by atomic mass is 9.86. The Bertz CT molecular complexity index is 874. The number of aryl methyl sites for hydroxylation is 2. The Kier molecular flexibility index (Phi) is 4.74. The van der Waals surface area contributed by atoms with E-state index in [4.69, 9.17) is 0 Å². The quantitative estimate of drug-likeness (QED) is 0.778. The number of sulfonamides is 1. The average Bonchev–Trinajstić information content (AvgIpc) is 3.44. The third-order valence-electron chi connectivity index (χ3n) is 7.62. The number of carbonyl (C=O) groups is 1. The number of rotatable bonds is 4. The summed E-state index contributed by atoms with van der Waals surface area (Å²) >= 11 is 0. The number of hydrogen-bond donors (Lipinski definition) is 0. The number of piperazine rings is 1. The van der Waals surface area contributed by atoms with Crippen molar-refractivity contribution in [2.24, 2.45) is 17.8 Å². The molecule has 3 fully saturated rings. The zero-order valence-corrected chi connectivity index (χ0v) is 17.3. The molecule has 28 heavy (non-hydrogen) atoms. The first kappa shape index (κ1) is 18.6. The normalized spacial score (nSPS) is 30.0. The fourth-order valence-electron chi connectivity index (χ4n) is 6.02. The average molecular weight is 403 g/mol. The second-order valence-corrected chi connectivity index (χ2v) is 11.1. The van der Waals surface area contributed by atoms with Crippen LogP contribution in [0.1, 0.15) is 49.7 Å². The van der Waals surface area contributed by atoms with Gasteiger partial charge in [0.05, 0.1) is 4.90 Å². The SMILES string of the molecule is O=C(C[C@@H]1C[C@@H]2CC[C@@H]1C2)N1CCN(S(=O)(=O)c2ccc3c(c2)CCC3)CC1. The molecule has 152 valence electrons. The first-order valence-electron chi connectivity index (χ1n) is 10.9. The summed E-state index contributed by atoms with van der Waals surface area (Å²) in [5.41, 5.74) is 2.47. The predicted molar refractivity (Wildman–Crippen MR) is 107 cm³/mol. The van der Waals surface area contributed by atoms with E-state index in [1.807, 2.05) is 17.0 Å². The number of amides is 1. The first-order chi connectivity index (χ1) is 13.5. The summed E-state index contributed by atoms with van der Waals surface area (Å²) in [4.78, 5) is 15.0. The minimum atomic E-state index is -3.47. The molecule has 6 heteroatoms. The van der Waals surface area contributed by atoms with E-state index in [-0.39, 0.29) is 5.91 Å². The molecule has 2 saturated carbocycles. The van der Waals surface area contributed by atoms with Gasteiger partial charge in [0, 0.05) is 32.6 Å². The van der Waals surface area contributed by atoms with Crippen LogP contribution < -0.4 is 0 Å². The molecule has 1 aromatic carbocycles. The lowest BCUT2D eigenvalue weighted by Crippen LogP contribution is -2.50. The summed E-state index contributed by atoms with van der Waals surface area (Å²) in [5, 5.41) is 0. The molecule has 0 aromatic heterocycles. The molecule has 1 heterocycles. The van der Waals surface area contributed by atoms with Gasteiger partial charge in [0.1, 0.15) is 0 Å². The Hall–Kier alpha value is -1.40. The molecule has 1 aliphatic heterocycles. The van der Waals surface area contributed by atoms with Crippen LogP contribution in [0.3, 0.4) is 0 Å². The van der Waals surface area contributed by atoms with Crippen LogP contribution in [-0.4, -0.2) is 49.7 Å². The fourth-order valence-corrected chi connectivity index (χ4v) is 7.49. The van der Waals surface area contributed by atoms with Crippen LogP contribution in [0.25, 0.3) is 0 Å². The van der Waals surface area contributed by atoms with Crippen molar-refractivity contribution in [1.82, 2.24) is 9.21 Å². The van der Waals surface area contributed by atoms with Crippen molar-refractivity contribution in [3.05, 3.63) is 29.3 Å². The molecule has 0 N–H and O–H groups in total. The Balaban J connectivity index is 1.20. The van der Waals surface area contributed by atoms with Gasteiger partial charge in [0.15, 0.2) is 0 Å². The lowest BCUT2D eigenvalue weighted by molar-refractivity contribution is -0.133. The van der Waals surface area contributed by atoms with E-state index >= 15 is 0 Å². The van der Waals surface area contributed by atoms with Crippen LogP contribution >= 0.6 is 0 Å². The maximum Gasteiger partial charge on any atom is 0.243 e. The van der Waals surface area contributed by atoms with Gasteiger partial charge in [-0.1, -0.05) is 12.5 Å². The molecular formula is C22H30N2O3S. The first-order valence-corrected chi connectivity index (χ1v) is 12.3. The van der Waals surface area contributed by atoms with Gasteiger partial charge in [-0.3, -0.25) is 4.79 Å². The van der Waals surface area contributed by atoms with E-state index in [0.717, 1.165) is 31.1 Å². The van der Waals surface area contributed by atoms with E-state index in [9.17, 15) is 13.2 Å². The van der Waals surface area contributed by atoms with Crippen LogP contribution in [0, 0.1) is 17.8 Å². The maximum absolute atomic E-state index is 13.1. The summed E-state index contributed by atoms with van der Waals surface area (Å²) in [6, 6.07) is 5.60. The third kappa shape index (κ3) is 3.28. The summed E-state index contributed by atoms with van der Waals surface area (Å²) in [6.07, 6.45) is 9.02. The zero-order valence-electron chi connectivity index (χ0n) is 16.5.